The molecule has 0 saturated carbocycles. The molecule has 0 aliphatic carbocycles. The molecule has 0 heterocycles. The maximum absolute atomic E-state index is 10.4. The second-order valence-corrected chi connectivity index (χ2v) is 5.20. The minimum atomic E-state index is -0.505. The zero-order valence-electron chi connectivity index (χ0n) is 14.5. The fourth-order valence-electron chi connectivity index (χ4n) is 1.81. The van der Waals surface area contributed by atoms with Crippen molar-refractivity contribution in [3.8, 4) is 11.5 Å². The number of rotatable bonds is 6. The van der Waals surface area contributed by atoms with Gasteiger partial charge in [-0.3, -0.25) is 20.4 Å². The minimum Gasteiger partial charge on any atom is -0.508 e. The minimum absolute atomic E-state index is 0.238. The Morgan fingerprint density at radius 2 is 1.15 bits per heavy atom. The van der Waals surface area contributed by atoms with Crippen LogP contribution in [0.1, 0.15) is 11.1 Å². The molecule has 0 spiro atoms. The Balaban J connectivity index is 0.000000293. The van der Waals surface area contributed by atoms with E-state index in [1.165, 1.54) is 0 Å². The SMILES string of the molecule is C=C(c1ccc(O)cc1)c1ccc(O)cc1.NNC(=O)COCC(=O)NN. The third-order valence-corrected chi connectivity index (χ3v) is 3.22. The molecule has 0 aliphatic rings. The molecule has 0 bridgehead atoms. The lowest BCUT2D eigenvalue weighted by Crippen LogP contribution is -2.37. The largest absolute Gasteiger partial charge is 0.508 e. The quantitative estimate of drug-likeness (QED) is 0.238. The molecular formula is C18H22N4O5. The van der Waals surface area contributed by atoms with Crippen LogP contribution in [0.4, 0.5) is 0 Å². The zero-order valence-corrected chi connectivity index (χ0v) is 14.5. The molecule has 0 radical (unpaired) electrons. The molecule has 2 rings (SSSR count). The van der Waals surface area contributed by atoms with Gasteiger partial charge in [0.25, 0.3) is 11.8 Å². The number of aromatic hydroxyl groups is 2. The Bertz CT molecular complexity index is 697. The highest BCUT2D eigenvalue weighted by molar-refractivity contribution is 5.79. The van der Waals surface area contributed by atoms with Crippen LogP contribution in [0, 0.1) is 0 Å². The van der Waals surface area contributed by atoms with Gasteiger partial charge in [-0.25, -0.2) is 11.7 Å². The molecule has 2 aromatic carbocycles. The summed E-state index contributed by atoms with van der Waals surface area (Å²) >= 11 is 0. The van der Waals surface area contributed by atoms with Gasteiger partial charge in [0, 0.05) is 0 Å². The smallest absolute Gasteiger partial charge is 0.259 e. The summed E-state index contributed by atoms with van der Waals surface area (Å²) in [6, 6.07) is 13.7. The summed E-state index contributed by atoms with van der Waals surface area (Å²) < 4.78 is 4.55. The number of carbonyl (C=O) groups is 2. The van der Waals surface area contributed by atoms with Gasteiger partial charge in [-0.2, -0.15) is 0 Å². The van der Waals surface area contributed by atoms with E-state index in [0.29, 0.717) is 0 Å². The number of benzene rings is 2. The summed E-state index contributed by atoms with van der Waals surface area (Å²) in [6.45, 7) is 3.47. The Morgan fingerprint density at radius 3 is 1.44 bits per heavy atom. The Labute approximate surface area is 156 Å². The monoisotopic (exact) mass is 374 g/mol. The van der Waals surface area contributed by atoms with Gasteiger partial charge in [-0.15, -0.1) is 0 Å². The summed E-state index contributed by atoms with van der Waals surface area (Å²) in [7, 11) is 0. The van der Waals surface area contributed by atoms with Gasteiger partial charge in [0.1, 0.15) is 24.7 Å². The first kappa shape index (κ1) is 21.6. The van der Waals surface area contributed by atoms with Crippen LogP contribution in [0.2, 0.25) is 0 Å². The molecule has 0 saturated heterocycles. The van der Waals surface area contributed by atoms with Crippen molar-refractivity contribution in [1.82, 2.24) is 10.9 Å². The number of phenolic OH excluding ortho intramolecular Hbond substituents is 2. The molecule has 144 valence electrons. The molecule has 27 heavy (non-hydrogen) atoms. The van der Waals surface area contributed by atoms with E-state index in [0.717, 1.165) is 16.7 Å². The van der Waals surface area contributed by atoms with E-state index in [2.05, 4.69) is 11.3 Å². The number of carbonyl (C=O) groups excluding carboxylic acids is 2. The number of phenols is 2. The predicted octanol–water partition coefficient (Wildman–Crippen LogP) is 0.142. The number of hydrogen-bond acceptors (Lipinski definition) is 7. The fraction of sp³-hybridized carbons (Fsp3) is 0.111. The summed E-state index contributed by atoms with van der Waals surface area (Å²) in [4.78, 5) is 20.7. The topological polar surface area (TPSA) is 160 Å². The van der Waals surface area contributed by atoms with Crippen LogP contribution in [0.25, 0.3) is 5.57 Å². The van der Waals surface area contributed by atoms with Gasteiger partial charge >= 0.3 is 0 Å². The molecule has 0 unspecified atom stereocenters. The molecular weight excluding hydrogens is 352 g/mol. The van der Waals surface area contributed by atoms with Crippen molar-refractivity contribution in [1.29, 1.82) is 0 Å². The van der Waals surface area contributed by atoms with Gasteiger partial charge < -0.3 is 14.9 Å². The third kappa shape index (κ3) is 8.01. The van der Waals surface area contributed by atoms with Crippen LogP contribution in [0.3, 0.4) is 0 Å². The lowest BCUT2D eigenvalue weighted by Gasteiger charge is -2.06. The fourth-order valence-corrected chi connectivity index (χ4v) is 1.81. The summed E-state index contributed by atoms with van der Waals surface area (Å²) in [6.07, 6.45) is 0. The highest BCUT2D eigenvalue weighted by atomic mass is 16.5. The highest BCUT2D eigenvalue weighted by Crippen LogP contribution is 2.24. The molecule has 9 nitrogen and oxygen atoms in total. The van der Waals surface area contributed by atoms with E-state index in [9.17, 15) is 19.8 Å². The van der Waals surface area contributed by atoms with E-state index in [-0.39, 0.29) is 24.7 Å². The van der Waals surface area contributed by atoms with Gasteiger partial charge in [0.15, 0.2) is 0 Å². The van der Waals surface area contributed by atoms with E-state index in [1.54, 1.807) is 24.3 Å². The molecule has 0 atom stereocenters. The second-order valence-electron chi connectivity index (χ2n) is 5.20. The number of hydrogen-bond donors (Lipinski definition) is 6. The number of hydrazine groups is 2. The van der Waals surface area contributed by atoms with E-state index in [1.807, 2.05) is 35.1 Å². The lowest BCUT2D eigenvalue weighted by atomic mass is 10.00. The van der Waals surface area contributed by atoms with Crippen LogP contribution in [0.5, 0.6) is 11.5 Å². The van der Waals surface area contributed by atoms with Crippen molar-refractivity contribution in [2.45, 2.75) is 0 Å². The van der Waals surface area contributed by atoms with Crippen molar-refractivity contribution in [3.05, 3.63) is 66.2 Å². The van der Waals surface area contributed by atoms with E-state index in [4.69, 9.17) is 11.7 Å². The first-order valence-electron chi connectivity index (χ1n) is 7.71. The van der Waals surface area contributed by atoms with Gasteiger partial charge in [-0.05, 0) is 41.0 Å². The van der Waals surface area contributed by atoms with Crippen molar-refractivity contribution in [3.63, 3.8) is 0 Å². The Kier molecular flexibility index (Phi) is 9.03. The van der Waals surface area contributed by atoms with Crippen LogP contribution in [-0.4, -0.2) is 35.2 Å². The van der Waals surface area contributed by atoms with Crippen molar-refractivity contribution in [2.75, 3.05) is 13.2 Å². The van der Waals surface area contributed by atoms with Crippen molar-refractivity contribution in [2.24, 2.45) is 11.7 Å². The average molecular weight is 374 g/mol. The molecule has 8 N–H and O–H groups in total. The molecule has 0 fully saturated rings. The number of nitrogens with one attached hydrogen (secondary N) is 2. The van der Waals surface area contributed by atoms with Crippen LogP contribution in [0.15, 0.2) is 55.1 Å². The van der Waals surface area contributed by atoms with E-state index >= 15 is 0 Å². The number of nitrogens with two attached hydrogens (primary N) is 2. The highest BCUT2D eigenvalue weighted by Gasteiger charge is 2.02. The average Bonchev–Trinajstić information content (AvgIpc) is 2.68. The van der Waals surface area contributed by atoms with Gasteiger partial charge in [0.05, 0.1) is 0 Å². The predicted molar refractivity (Wildman–Crippen MR) is 99.8 cm³/mol. The standard InChI is InChI=1S/C14H12O2.C4H10N4O3/c1-10(11-2-6-13(15)7-3-11)12-4-8-14(16)9-5-12;5-7-3(9)1-11-2-4(10)8-6/h2-9,15-16H,1H2;1-2,5-6H2,(H,7,9)(H,8,10). The summed E-state index contributed by atoms with van der Waals surface area (Å²) in [5.41, 5.74) is 6.42. The third-order valence-electron chi connectivity index (χ3n) is 3.22. The normalized spacial score (nSPS) is 9.56. The molecule has 0 aromatic heterocycles. The Hall–Kier alpha value is -3.40. The second kappa shape index (κ2) is 11.3. The number of ether oxygens (including phenoxy) is 1. The lowest BCUT2D eigenvalue weighted by molar-refractivity contribution is -0.131. The molecule has 2 amide bonds. The van der Waals surface area contributed by atoms with Crippen LogP contribution >= 0.6 is 0 Å². The first-order valence-corrected chi connectivity index (χ1v) is 7.71. The number of amides is 2. The molecule has 9 heteroatoms. The maximum atomic E-state index is 10.4. The Morgan fingerprint density at radius 1 is 0.815 bits per heavy atom. The van der Waals surface area contributed by atoms with Crippen molar-refractivity contribution >= 4 is 17.4 Å². The summed E-state index contributed by atoms with van der Waals surface area (Å²) in [5, 5.41) is 18.4. The van der Waals surface area contributed by atoms with Crippen LogP contribution in [-0.2, 0) is 14.3 Å². The molecule has 0 aliphatic heterocycles. The van der Waals surface area contributed by atoms with E-state index < -0.39 is 11.8 Å². The molecule has 2 aromatic rings. The van der Waals surface area contributed by atoms with Crippen molar-refractivity contribution < 1.29 is 24.5 Å². The van der Waals surface area contributed by atoms with Gasteiger partial charge in [-0.1, -0.05) is 30.8 Å². The van der Waals surface area contributed by atoms with Crippen LogP contribution < -0.4 is 22.5 Å². The van der Waals surface area contributed by atoms with Gasteiger partial charge in [0.2, 0.25) is 0 Å². The zero-order chi connectivity index (χ0) is 20.2. The summed E-state index contributed by atoms with van der Waals surface area (Å²) in [5.74, 6) is 8.90. The maximum Gasteiger partial charge on any atom is 0.259 e. The first-order chi connectivity index (χ1) is 12.9.